The number of pyridine rings is 1. The highest BCUT2D eigenvalue weighted by Gasteiger charge is 2.28. The van der Waals surface area contributed by atoms with Crippen molar-refractivity contribution in [3.05, 3.63) is 18.3 Å². The zero-order chi connectivity index (χ0) is 14.6. The van der Waals surface area contributed by atoms with Crippen molar-refractivity contribution < 1.29 is 13.2 Å². The molecule has 0 radical (unpaired) electrons. The summed E-state index contributed by atoms with van der Waals surface area (Å²) in [6.45, 7) is 3.18. The highest BCUT2D eigenvalue weighted by Crippen LogP contribution is 2.23. The van der Waals surface area contributed by atoms with Crippen molar-refractivity contribution in [2.45, 2.75) is 30.8 Å². The third kappa shape index (κ3) is 3.47. The summed E-state index contributed by atoms with van der Waals surface area (Å²) in [7, 11) is -1.80. The Kier molecular flexibility index (Phi) is 4.95. The molecule has 1 aliphatic heterocycles. The Morgan fingerprint density at radius 2 is 2.30 bits per heavy atom. The van der Waals surface area contributed by atoms with Crippen LogP contribution in [0.4, 0.5) is 5.82 Å². The average Bonchev–Trinajstić information content (AvgIpc) is 2.93. The van der Waals surface area contributed by atoms with Crippen molar-refractivity contribution in [2.75, 3.05) is 25.5 Å². The molecule has 0 spiro atoms. The van der Waals surface area contributed by atoms with Gasteiger partial charge in [-0.3, -0.25) is 0 Å². The Labute approximate surface area is 120 Å². The van der Waals surface area contributed by atoms with Crippen LogP contribution in [0.1, 0.15) is 19.8 Å². The molecule has 0 aromatic carbocycles. The predicted molar refractivity (Wildman–Crippen MR) is 77.1 cm³/mol. The third-order valence-electron chi connectivity index (χ3n) is 3.58. The monoisotopic (exact) mass is 299 g/mol. The van der Waals surface area contributed by atoms with Gasteiger partial charge in [-0.2, -0.15) is 0 Å². The van der Waals surface area contributed by atoms with Crippen LogP contribution in [0.25, 0.3) is 0 Å². The minimum Gasteiger partial charge on any atom is -0.378 e. The van der Waals surface area contributed by atoms with E-state index in [1.54, 1.807) is 7.05 Å². The molecule has 2 heterocycles. The van der Waals surface area contributed by atoms with Crippen LogP contribution < -0.4 is 10.0 Å². The summed E-state index contributed by atoms with van der Waals surface area (Å²) >= 11 is 0. The van der Waals surface area contributed by atoms with E-state index in [1.165, 1.54) is 18.3 Å². The van der Waals surface area contributed by atoms with Gasteiger partial charge in [0.15, 0.2) is 0 Å². The molecule has 0 saturated carbocycles. The van der Waals surface area contributed by atoms with E-state index in [0.29, 0.717) is 19.0 Å². The second kappa shape index (κ2) is 6.51. The number of anilines is 1. The first kappa shape index (κ1) is 15.2. The highest BCUT2D eigenvalue weighted by molar-refractivity contribution is 7.89. The quantitative estimate of drug-likeness (QED) is 0.825. The topological polar surface area (TPSA) is 80.3 Å². The van der Waals surface area contributed by atoms with Crippen LogP contribution in [0, 0.1) is 5.92 Å². The van der Waals surface area contributed by atoms with Crippen LogP contribution in [0.2, 0.25) is 0 Å². The molecule has 112 valence electrons. The zero-order valence-electron chi connectivity index (χ0n) is 11.8. The molecule has 2 unspecified atom stereocenters. The van der Waals surface area contributed by atoms with Gasteiger partial charge < -0.3 is 10.1 Å². The lowest BCUT2D eigenvalue weighted by atomic mass is 10.0. The highest BCUT2D eigenvalue weighted by atomic mass is 32.2. The summed E-state index contributed by atoms with van der Waals surface area (Å²) in [4.78, 5) is 4.24. The summed E-state index contributed by atoms with van der Waals surface area (Å²) in [5, 5.41) is 2.83. The summed E-state index contributed by atoms with van der Waals surface area (Å²) < 4.78 is 32.7. The number of nitrogens with zero attached hydrogens (tertiary/aromatic N) is 1. The van der Waals surface area contributed by atoms with Crippen LogP contribution >= 0.6 is 0 Å². The minimum atomic E-state index is -3.50. The van der Waals surface area contributed by atoms with E-state index < -0.39 is 10.0 Å². The van der Waals surface area contributed by atoms with Gasteiger partial charge in [-0.25, -0.2) is 18.1 Å². The van der Waals surface area contributed by atoms with Gasteiger partial charge in [0.1, 0.15) is 5.82 Å². The Morgan fingerprint density at radius 3 is 3.00 bits per heavy atom. The van der Waals surface area contributed by atoms with Gasteiger partial charge in [0.2, 0.25) is 10.0 Å². The summed E-state index contributed by atoms with van der Waals surface area (Å²) in [5.74, 6) is 0.781. The molecular formula is C13H21N3O3S. The van der Waals surface area contributed by atoms with Crippen molar-refractivity contribution in [1.29, 1.82) is 0 Å². The SMILES string of the molecule is CCC1OCCC1CNS(=O)(=O)c1ccnc(NC)c1. The smallest absolute Gasteiger partial charge is 0.240 e. The van der Waals surface area contributed by atoms with Gasteiger partial charge in [0.25, 0.3) is 0 Å². The lowest BCUT2D eigenvalue weighted by molar-refractivity contribution is 0.0884. The molecule has 0 aliphatic carbocycles. The Hall–Kier alpha value is -1.18. The Morgan fingerprint density at radius 1 is 1.50 bits per heavy atom. The van der Waals surface area contributed by atoms with Gasteiger partial charge in [-0.05, 0) is 18.9 Å². The number of aromatic nitrogens is 1. The number of nitrogens with one attached hydrogen (secondary N) is 2. The number of ether oxygens (including phenoxy) is 1. The van der Waals surface area contributed by atoms with Crippen molar-refractivity contribution >= 4 is 15.8 Å². The molecule has 2 atom stereocenters. The fourth-order valence-corrected chi connectivity index (χ4v) is 3.50. The van der Waals surface area contributed by atoms with Gasteiger partial charge in [-0.1, -0.05) is 6.92 Å². The summed E-state index contributed by atoms with van der Waals surface area (Å²) in [6, 6.07) is 3.01. The van der Waals surface area contributed by atoms with Gasteiger partial charge >= 0.3 is 0 Å². The van der Waals surface area contributed by atoms with Crippen molar-refractivity contribution in [1.82, 2.24) is 9.71 Å². The van der Waals surface area contributed by atoms with E-state index >= 15 is 0 Å². The van der Waals surface area contributed by atoms with Gasteiger partial charge in [-0.15, -0.1) is 0 Å². The molecule has 1 aromatic rings. The van der Waals surface area contributed by atoms with Crippen LogP contribution in [-0.2, 0) is 14.8 Å². The van der Waals surface area contributed by atoms with E-state index in [2.05, 4.69) is 21.9 Å². The zero-order valence-corrected chi connectivity index (χ0v) is 12.6. The number of sulfonamides is 1. The standard InChI is InChI=1S/C13H21N3O3S/c1-3-12-10(5-7-19-12)9-16-20(17,18)11-4-6-15-13(8-11)14-2/h4,6,8,10,12,16H,3,5,7,9H2,1-2H3,(H,14,15). The van der Waals surface area contributed by atoms with E-state index in [0.717, 1.165) is 12.8 Å². The molecule has 1 aliphatic rings. The molecule has 6 nitrogen and oxygen atoms in total. The molecular weight excluding hydrogens is 278 g/mol. The molecule has 1 aromatic heterocycles. The number of hydrogen-bond acceptors (Lipinski definition) is 5. The molecule has 2 rings (SSSR count). The third-order valence-corrected chi connectivity index (χ3v) is 5.00. The molecule has 0 amide bonds. The minimum absolute atomic E-state index is 0.156. The van der Waals surface area contributed by atoms with Gasteiger partial charge in [0, 0.05) is 38.4 Å². The summed E-state index contributed by atoms with van der Waals surface area (Å²) in [6.07, 6.45) is 3.45. The second-order valence-corrected chi connectivity index (χ2v) is 6.61. The Balaban J connectivity index is 2.03. The van der Waals surface area contributed by atoms with Gasteiger partial charge in [0.05, 0.1) is 11.0 Å². The number of rotatable bonds is 6. The molecule has 1 fully saturated rings. The maximum atomic E-state index is 12.2. The summed E-state index contributed by atoms with van der Waals surface area (Å²) in [5.41, 5.74) is 0. The fraction of sp³-hybridized carbons (Fsp3) is 0.615. The number of hydrogen-bond donors (Lipinski definition) is 2. The molecule has 7 heteroatoms. The van der Waals surface area contributed by atoms with E-state index in [9.17, 15) is 8.42 Å². The van der Waals surface area contributed by atoms with Crippen LogP contribution in [0.5, 0.6) is 0 Å². The van der Waals surface area contributed by atoms with Crippen LogP contribution in [-0.4, -0.2) is 39.7 Å². The maximum Gasteiger partial charge on any atom is 0.240 e. The normalized spacial score (nSPS) is 22.9. The lowest BCUT2D eigenvalue weighted by Crippen LogP contribution is -2.32. The first-order chi connectivity index (χ1) is 9.56. The average molecular weight is 299 g/mol. The Bertz CT molecular complexity index is 548. The van der Waals surface area contributed by atoms with Crippen molar-refractivity contribution in [3.63, 3.8) is 0 Å². The molecule has 0 bridgehead atoms. The van der Waals surface area contributed by atoms with E-state index in [4.69, 9.17) is 4.74 Å². The lowest BCUT2D eigenvalue weighted by Gasteiger charge is -2.17. The maximum absolute atomic E-state index is 12.2. The van der Waals surface area contributed by atoms with Crippen molar-refractivity contribution in [2.24, 2.45) is 5.92 Å². The first-order valence-electron chi connectivity index (χ1n) is 6.82. The van der Waals surface area contributed by atoms with E-state index in [-0.39, 0.29) is 16.9 Å². The molecule has 1 saturated heterocycles. The fourth-order valence-electron chi connectivity index (χ4n) is 2.39. The van der Waals surface area contributed by atoms with Crippen molar-refractivity contribution in [3.8, 4) is 0 Å². The predicted octanol–water partition coefficient (Wildman–Crippen LogP) is 1.22. The van der Waals surface area contributed by atoms with E-state index in [1.807, 2.05) is 0 Å². The molecule has 2 N–H and O–H groups in total. The van der Waals surface area contributed by atoms with Crippen LogP contribution in [0.3, 0.4) is 0 Å². The second-order valence-electron chi connectivity index (χ2n) is 4.84. The van der Waals surface area contributed by atoms with Crippen LogP contribution in [0.15, 0.2) is 23.2 Å². The first-order valence-corrected chi connectivity index (χ1v) is 8.30. The molecule has 20 heavy (non-hydrogen) atoms. The largest absolute Gasteiger partial charge is 0.378 e.